The lowest BCUT2D eigenvalue weighted by Crippen LogP contribution is -2.12. The molecule has 0 saturated heterocycles. The molecule has 0 saturated carbocycles. The van der Waals surface area contributed by atoms with Gasteiger partial charge in [-0.05, 0) is 48.9 Å². The number of hydrogen-bond donors (Lipinski definition) is 2. The maximum absolute atomic E-state index is 13.1. The van der Waals surface area contributed by atoms with Crippen molar-refractivity contribution in [1.82, 2.24) is 0 Å². The first-order valence-electron chi connectivity index (χ1n) is 5.88. The normalized spacial score (nSPS) is 10.1. The molecule has 2 rings (SSSR count). The van der Waals surface area contributed by atoms with Gasteiger partial charge in [-0.1, -0.05) is 6.07 Å². The summed E-state index contributed by atoms with van der Waals surface area (Å²) in [6.45, 7) is 1.57. The van der Waals surface area contributed by atoms with Crippen LogP contribution in [0, 0.1) is 12.7 Å². The molecular formula is C15H12FNO3. The van der Waals surface area contributed by atoms with Crippen LogP contribution in [0.25, 0.3) is 0 Å². The summed E-state index contributed by atoms with van der Waals surface area (Å²) in [7, 11) is 0. The average Bonchev–Trinajstić information content (AvgIpc) is 2.42. The van der Waals surface area contributed by atoms with E-state index in [1.807, 2.05) is 0 Å². The van der Waals surface area contributed by atoms with Crippen LogP contribution >= 0.6 is 0 Å². The molecule has 4 nitrogen and oxygen atoms in total. The molecule has 1 amide bonds. The van der Waals surface area contributed by atoms with Gasteiger partial charge in [0.25, 0.3) is 5.91 Å². The van der Waals surface area contributed by atoms with Crippen molar-refractivity contribution in [2.24, 2.45) is 0 Å². The fourth-order valence-corrected chi connectivity index (χ4v) is 1.72. The smallest absolute Gasteiger partial charge is 0.335 e. The van der Waals surface area contributed by atoms with Gasteiger partial charge >= 0.3 is 5.97 Å². The third-order valence-corrected chi connectivity index (χ3v) is 2.79. The second kappa shape index (κ2) is 5.52. The number of nitrogens with one attached hydrogen (secondary N) is 1. The standard InChI is InChI=1S/C15H12FNO3/c1-9-7-10(5-6-13(9)16)14(18)17-12-4-2-3-11(8-12)15(19)20/h2-8H,1H3,(H,17,18)(H,19,20). The third-order valence-electron chi connectivity index (χ3n) is 2.79. The molecule has 0 radical (unpaired) electrons. The summed E-state index contributed by atoms with van der Waals surface area (Å²) in [6.07, 6.45) is 0. The molecule has 102 valence electrons. The van der Waals surface area contributed by atoms with Crippen molar-refractivity contribution >= 4 is 17.6 Å². The Hall–Kier alpha value is -2.69. The van der Waals surface area contributed by atoms with E-state index in [2.05, 4.69) is 5.32 Å². The lowest BCUT2D eigenvalue weighted by atomic mass is 10.1. The van der Waals surface area contributed by atoms with Gasteiger partial charge in [0.2, 0.25) is 0 Å². The fourth-order valence-electron chi connectivity index (χ4n) is 1.72. The highest BCUT2D eigenvalue weighted by Gasteiger charge is 2.09. The van der Waals surface area contributed by atoms with Crippen LogP contribution in [-0.2, 0) is 0 Å². The Morgan fingerprint density at radius 1 is 1.10 bits per heavy atom. The largest absolute Gasteiger partial charge is 0.478 e. The molecule has 0 unspecified atom stereocenters. The molecule has 0 aromatic heterocycles. The molecule has 20 heavy (non-hydrogen) atoms. The number of rotatable bonds is 3. The van der Waals surface area contributed by atoms with Crippen molar-refractivity contribution < 1.29 is 19.1 Å². The number of carbonyl (C=O) groups excluding carboxylic acids is 1. The molecule has 0 spiro atoms. The zero-order valence-electron chi connectivity index (χ0n) is 10.7. The Bertz CT molecular complexity index is 683. The Kier molecular flexibility index (Phi) is 3.79. The van der Waals surface area contributed by atoms with E-state index >= 15 is 0 Å². The van der Waals surface area contributed by atoms with Gasteiger partial charge in [-0.15, -0.1) is 0 Å². The second-order valence-electron chi connectivity index (χ2n) is 4.30. The van der Waals surface area contributed by atoms with Crippen molar-refractivity contribution in [3.05, 3.63) is 65.0 Å². The highest BCUT2D eigenvalue weighted by molar-refractivity contribution is 6.04. The molecule has 0 aliphatic rings. The van der Waals surface area contributed by atoms with Gasteiger partial charge in [-0.25, -0.2) is 9.18 Å². The molecule has 0 atom stereocenters. The molecule has 0 fully saturated rings. The first-order valence-corrected chi connectivity index (χ1v) is 5.88. The predicted octanol–water partition coefficient (Wildman–Crippen LogP) is 3.08. The van der Waals surface area contributed by atoms with Gasteiger partial charge in [0.05, 0.1) is 5.56 Å². The minimum absolute atomic E-state index is 0.0816. The maximum atomic E-state index is 13.1. The number of halogens is 1. The third kappa shape index (κ3) is 3.00. The van der Waals surface area contributed by atoms with Gasteiger partial charge in [0, 0.05) is 11.3 Å². The first kappa shape index (κ1) is 13.7. The molecule has 0 aliphatic carbocycles. The minimum Gasteiger partial charge on any atom is -0.478 e. The van der Waals surface area contributed by atoms with Crippen LogP contribution in [0.4, 0.5) is 10.1 Å². The number of aryl methyl sites for hydroxylation is 1. The molecule has 2 N–H and O–H groups in total. The van der Waals surface area contributed by atoms with E-state index in [0.29, 0.717) is 16.8 Å². The van der Waals surface area contributed by atoms with Gasteiger partial charge in [0.15, 0.2) is 0 Å². The lowest BCUT2D eigenvalue weighted by Gasteiger charge is -2.07. The van der Waals surface area contributed by atoms with Crippen LogP contribution < -0.4 is 5.32 Å². The topological polar surface area (TPSA) is 66.4 Å². The highest BCUT2D eigenvalue weighted by Crippen LogP contribution is 2.14. The SMILES string of the molecule is Cc1cc(C(=O)Nc2cccc(C(=O)O)c2)ccc1F. The quantitative estimate of drug-likeness (QED) is 0.903. The number of anilines is 1. The van der Waals surface area contributed by atoms with E-state index in [0.717, 1.165) is 0 Å². The molecule has 2 aromatic rings. The van der Waals surface area contributed by atoms with Crippen LogP contribution in [0.5, 0.6) is 0 Å². The number of carbonyl (C=O) groups is 2. The number of carboxylic acids is 1. The summed E-state index contributed by atoms with van der Waals surface area (Å²) in [5.41, 5.74) is 1.14. The number of aromatic carboxylic acids is 1. The van der Waals surface area contributed by atoms with Crippen LogP contribution in [0.1, 0.15) is 26.3 Å². The Balaban J connectivity index is 2.21. The number of benzene rings is 2. The summed E-state index contributed by atoms with van der Waals surface area (Å²) in [6, 6.07) is 9.94. The van der Waals surface area contributed by atoms with Crippen molar-refractivity contribution in [2.45, 2.75) is 6.92 Å². The van der Waals surface area contributed by atoms with Crippen molar-refractivity contribution in [2.75, 3.05) is 5.32 Å². The molecule has 5 heteroatoms. The summed E-state index contributed by atoms with van der Waals surface area (Å²) < 4.78 is 13.1. The van der Waals surface area contributed by atoms with Crippen LogP contribution in [-0.4, -0.2) is 17.0 Å². The Morgan fingerprint density at radius 3 is 2.50 bits per heavy atom. The number of hydrogen-bond acceptors (Lipinski definition) is 2. The van der Waals surface area contributed by atoms with Crippen molar-refractivity contribution in [1.29, 1.82) is 0 Å². The van der Waals surface area contributed by atoms with E-state index < -0.39 is 11.9 Å². The molecule has 0 bridgehead atoms. The number of carboxylic acid groups (broad SMARTS) is 1. The molecular weight excluding hydrogens is 261 g/mol. The summed E-state index contributed by atoms with van der Waals surface area (Å²) in [4.78, 5) is 22.8. The highest BCUT2D eigenvalue weighted by atomic mass is 19.1. The summed E-state index contributed by atoms with van der Waals surface area (Å²) in [5, 5.41) is 11.4. The van der Waals surface area contributed by atoms with Gasteiger partial charge in [0.1, 0.15) is 5.82 Å². The van der Waals surface area contributed by atoms with E-state index in [9.17, 15) is 14.0 Å². The van der Waals surface area contributed by atoms with Gasteiger partial charge in [-0.3, -0.25) is 4.79 Å². The van der Waals surface area contributed by atoms with E-state index in [1.165, 1.54) is 36.4 Å². The van der Waals surface area contributed by atoms with Crippen LogP contribution in [0.2, 0.25) is 0 Å². The lowest BCUT2D eigenvalue weighted by molar-refractivity contribution is 0.0696. The van der Waals surface area contributed by atoms with Gasteiger partial charge < -0.3 is 10.4 Å². The Morgan fingerprint density at radius 2 is 1.85 bits per heavy atom. The van der Waals surface area contributed by atoms with Crippen LogP contribution in [0.3, 0.4) is 0 Å². The zero-order chi connectivity index (χ0) is 14.7. The average molecular weight is 273 g/mol. The van der Waals surface area contributed by atoms with Gasteiger partial charge in [-0.2, -0.15) is 0 Å². The minimum atomic E-state index is -1.07. The van der Waals surface area contributed by atoms with E-state index in [-0.39, 0.29) is 11.4 Å². The summed E-state index contributed by atoms with van der Waals surface area (Å²) in [5.74, 6) is -1.87. The number of amides is 1. The zero-order valence-corrected chi connectivity index (χ0v) is 10.7. The Labute approximate surface area is 114 Å². The van der Waals surface area contributed by atoms with Crippen molar-refractivity contribution in [3.8, 4) is 0 Å². The predicted molar refractivity (Wildman–Crippen MR) is 72.5 cm³/mol. The van der Waals surface area contributed by atoms with E-state index in [1.54, 1.807) is 13.0 Å². The second-order valence-corrected chi connectivity index (χ2v) is 4.30. The van der Waals surface area contributed by atoms with Crippen LogP contribution in [0.15, 0.2) is 42.5 Å². The van der Waals surface area contributed by atoms with E-state index in [4.69, 9.17) is 5.11 Å². The fraction of sp³-hybridized carbons (Fsp3) is 0.0667. The molecule has 0 aliphatic heterocycles. The summed E-state index contributed by atoms with van der Waals surface area (Å²) >= 11 is 0. The molecule has 0 heterocycles. The van der Waals surface area contributed by atoms with Crippen molar-refractivity contribution in [3.63, 3.8) is 0 Å². The maximum Gasteiger partial charge on any atom is 0.335 e. The monoisotopic (exact) mass is 273 g/mol. The first-order chi connectivity index (χ1) is 9.47. The molecule has 2 aromatic carbocycles.